The van der Waals surface area contributed by atoms with Gasteiger partial charge in [0.25, 0.3) is 0 Å². The Morgan fingerprint density at radius 2 is 1.73 bits per heavy atom. The number of hydrogen-bond acceptors (Lipinski definition) is 0. The molecule has 1 fully saturated rings. The van der Waals surface area contributed by atoms with Crippen molar-refractivity contribution in [1.29, 1.82) is 0 Å². The molecule has 0 nitrogen and oxygen atoms in total. The highest BCUT2D eigenvalue weighted by Gasteiger charge is 2.35. The molecule has 0 aromatic heterocycles. The van der Waals surface area contributed by atoms with Crippen molar-refractivity contribution in [2.24, 2.45) is 5.41 Å². The zero-order valence-corrected chi connectivity index (χ0v) is 7.86. The van der Waals surface area contributed by atoms with Crippen LogP contribution in [0.1, 0.15) is 58.3 Å². The fraction of sp³-hybridized carbons (Fsp3) is 0.909. The number of unbranched alkanes of at least 4 members (excludes halogenated alkanes) is 4. The summed E-state index contributed by atoms with van der Waals surface area (Å²) >= 11 is 0. The van der Waals surface area contributed by atoms with Crippen LogP contribution in [0.3, 0.4) is 0 Å². The van der Waals surface area contributed by atoms with Gasteiger partial charge in [-0.25, -0.2) is 0 Å². The largest absolute Gasteiger partial charge is 0.0596 e. The summed E-state index contributed by atoms with van der Waals surface area (Å²) in [5.74, 6) is 0. The van der Waals surface area contributed by atoms with E-state index >= 15 is 0 Å². The predicted molar refractivity (Wildman–Crippen MR) is 50.4 cm³/mol. The second-order valence-corrected chi connectivity index (χ2v) is 4.33. The SMILES string of the molecule is [CH2]CCCCCCC1(C)CC1. The van der Waals surface area contributed by atoms with Crippen LogP contribution < -0.4 is 0 Å². The molecule has 0 saturated heterocycles. The van der Waals surface area contributed by atoms with Gasteiger partial charge in [0.1, 0.15) is 0 Å². The molecule has 1 aliphatic rings. The first-order valence-electron chi connectivity index (χ1n) is 5.06. The van der Waals surface area contributed by atoms with Gasteiger partial charge in [-0.15, -0.1) is 0 Å². The van der Waals surface area contributed by atoms with E-state index in [1.54, 1.807) is 0 Å². The third-order valence-corrected chi connectivity index (χ3v) is 2.88. The van der Waals surface area contributed by atoms with Crippen LogP contribution in [0.5, 0.6) is 0 Å². The third kappa shape index (κ3) is 3.79. The fourth-order valence-corrected chi connectivity index (χ4v) is 1.55. The molecular weight excluding hydrogens is 132 g/mol. The van der Waals surface area contributed by atoms with Gasteiger partial charge in [0.2, 0.25) is 0 Å². The van der Waals surface area contributed by atoms with Crippen LogP contribution >= 0.6 is 0 Å². The minimum Gasteiger partial charge on any atom is -0.0596 e. The molecule has 0 aromatic rings. The summed E-state index contributed by atoms with van der Waals surface area (Å²) in [7, 11) is 0. The minimum atomic E-state index is 0.782. The first-order valence-corrected chi connectivity index (χ1v) is 5.06. The summed E-state index contributed by atoms with van der Waals surface area (Å²) in [5, 5.41) is 0. The second-order valence-electron chi connectivity index (χ2n) is 4.33. The Hall–Kier alpha value is 0. The quantitative estimate of drug-likeness (QED) is 0.507. The van der Waals surface area contributed by atoms with E-state index in [0.29, 0.717) is 0 Å². The maximum Gasteiger partial charge on any atom is -0.0325 e. The van der Waals surface area contributed by atoms with E-state index in [1.807, 2.05) is 0 Å². The topological polar surface area (TPSA) is 0 Å². The Morgan fingerprint density at radius 3 is 2.27 bits per heavy atom. The highest BCUT2D eigenvalue weighted by atomic mass is 14.4. The fourth-order valence-electron chi connectivity index (χ4n) is 1.55. The minimum absolute atomic E-state index is 0.782. The molecule has 1 rings (SSSR count). The average molecular weight is 153 g/mol. The third-order valence-electron chi connectivity index (χ3n) is 2.88. The summed E-state index contributed by atoms with van der Waals surface area (Å²) < 4.78 is 0. The van der Waals surface area contributed by atoms with Crippen molar-refractivity contribution in [2.45, 2.75) is 58.3 Å². The first-order chi connectivity index (χ1) is 5.27. The van der Waals surface area contributed by atoms with Gasteiger partial charge in [-0.2, -0.15) is 0 Å². The van der Waals surface area contributed by atoms with Crippen LogP contribution in [0.4, 0.5) is 0 Å². The normalized spacial score (nSPS) is 20.2. The van der Waals surface area contributed by atoms with Crippen LogP contribution in [0, 0.1) is 12.3 Å². The summed E-state index contributed by atoms with van der Waals surface area (Å²) in [6, 6.07) is 0. The van der Waals surface area contributed by atoms with Gasteiger partial charge in [-0.3, -0.25) is 0 Å². The summed E-state index contributed by atoms with van der Waals surface area (Å²) in [6.45, 7) is 6.27. The van der Waals surface area contributed by atoms with Crippen LogP contribution in [0.25, 0.3) is 0 Å². The van der Waals surface area contributed by atoms with Crippen LogP contribution in [0.15, 0.2) is 0 Å². The van der Waals surface area contributed by atoms with Gasteiger partial charge in [0.15, 0.2) is 0 Å². The first kappa shape index (κ1) is 9.09. The van der Waals surface area contributed by atoms with Crippen molar-refractivity contribution in [3.05, 3.63) is 6.92 Å². The molecule has 11 heavy (non-hydrogen) atoms. The summed E-state index contributed by atoms with van der Waals surface area (Å²) in [4.78, 5) is 0. The van der Waals surface area contributed by atoms with Gasteiger partial charge in [0, 0.05) is 0 Å². The van der Waals surface area contributed by atoms with Crippen molar-refractivity contribution in [2.75, 3.05) is 0 Å². The van der Waals surface area contributed by atoms with Crippen molar-refractivity contribution >= 4 is 0 Å². The van der Waals surface area contributed by atoms with Crippen molar-refractivity contribution in [1.82, 2.24) is 0 Å². The van der Waals surface area contributed by atoms with E-state index in [-0.39, 0.29) is 0 Å². The van der Waals surface area contributed by atoms with Crippen molar-refractivity contribution in [3.8, 4) is 0 Å². The van der Waals surface area contributed by atoms with E-state index in [4.69, 9.17) is 0 Å². The summed E-state index contributed by atoms with van der Waals surface area (Å²) in [5.41, 5.74) is 0.782. The molecule has 1 radical (unpaired) electrons. The average Bonchev–Trinajstić information content (AvgIpc) is 2.69. The van der Waals surface area contributed by atoms with Crippen LogP contribution in [-0.4, -0.2) is 0 Å². The zero-order valence-electron chi connectivity index (χ0n) is 7.86. The van der Waals surface area contributed by atoms with E-state index in [1.165, 1.54) is 44.9 Å². The molecule has 0 aromatic carbocycles. The van der Waals surface area contributed by atoms with E-state index in [2.05, 4.69) is 13.8 Å². The molecule has 0 bridgehead atoms. The molecule has 0 amide bonds. The lowest BCUT2D eigenvalue weighted by atomic mass is 10.0. The molecule has 0 heterocycles. The molecular formula is C11H21. The van der Waals surface area contributed by atoms with Gasteiger partial charge in [-0.1, -0.05) is 46.0 Å². The maximum atomic E-state index is 3.84. The zero-order chi connectivity index (χ0) is 8.16. The maximum absolute atomic E-state index is 3.84. The smallest absolute Gasteiger partial charge is 0.0325 e. The Bertz CT molecular complexity index is 101. The monoisotopic (exact) mass is 153 g/mol. The predicted octanol–water partition coefficient (Wildman–Crippen LogP) is 3.96. The molecule has 1 saturated carbocycles. The van der Waals surface area contributed by atoms with E-state index in [0.717, 1.165) is 11.8 Å². The van der Waals surface area contributed by atoms with Crippen molar-refractivity contribution < 1.29 is 0 Å². The molecule has 0 spiro atoms. The van der Waals surface area contributed by atoms with E-state index in [9.17, 15) is 0 Å². The highest BCUT2D eigenvalue weighted by molar-refractivity contribution is 4.87. The Balaban J connectivity index is 1.81. The Morgan fingerprint density at radius 1 is 1.09 bits per heavy atom. The highest BCUT2D eigenvalue weighted by Crippen LogP contribution is 2.49. The lowest BCUT2D eigenvalue weighted by Crippen LogP contribution is -1.91. The second kappa shape index (κ2) is 4.13. The molecule has 0 heteroatoms. The molecule has 1 aliphatic carbocycles. The lowest BCUT2D eigenvalue weighted by Gasteiger charge is -2.06. The number of hydrogen-bond donors (Lipinski definition) is 0. The van der Waals surface area contributed by atoms with Crippen LogP contribution in [-0.2, 0) is 0 Å². The van der Waals surface area contributed by atoms with Crippen molar-refractivity contribution in [3.63, 3.8) is 0 Å². The Labute approximate surface area is 71.4 Å². The molecule has 0 aliphatic heterocycles. The number of rotatable bonds is 6. The lowest BCUT2D eigenvalue weighted by molar-refractivity contribution is 0.472. The Kier molecular flexibility index (Phi) is 3.42. The molecule has 0 atom stereocenters. The standard InChI is InChI=1S/C11H21/c1-3-4-5-6-7-8-11(2)9-10-11/h1,3-10H2,2H3. The summed E-state index contributed by atoms with van der Waals surface area (Å²) in [6.07, 6.45) is 11.2. The molecule has 0 N–H and O–H groups in total. The molecule has 65 valence electrons. The van der Waals surface area contributed by atoms with E-state index < -0.39 is 0 Å². The molecule has 0 unspecified atom stereocenters. The van der Waals surface area contributed by atoms with Gasteiger partial charge in [-0.05, 0) is 24.7 Å². The van der Waals surface area contributed by atoms with Gasteiger partial charge in [0.05, 0.1) is 0 Å². The van der Waals surface area contributed by atoms with Crippen LogP contribution in [0.2, 0.25) is 0 Å². The van der Waals surface area contributed by atoms with Gasteiger partial charge < -0.3 is 0 Å². The van der Waals surface area contributed by atoms with Gasteiger partial charge >= 0.3 is 0 Å².